The molecule has 1 aliphatic heterocycles. The summed E-state index contributed by atoms with van der Waals surface area (Å²) in [6.07, 6.45) is 5.31. The molecule has 122 valence electrons. The van der Waals surface area contributed by atoms with Crippen LogP contribution in [-0.2, 0) is 4.79 Å². The summed E-state index contributed by atoms with van der Waals surface area (Å²) in [6, 6.07) is 9.50. The van der Waals surface area contributed by atoms with Gasteiger partial charge in [0.15, 0.2) is 0 Å². The summed E-state index contributed by atoms with van der Waals surface area (Å²) in [5.74, 6) is 1.89. The molecule has 3 rings (SSSR count). The van der Waals surface area contributed by atoms with E-state index in [1.54, 1.807) is 31.5 Å². The molecular weight excluding hydrogens is 302 g/mol. The molecule has 0 aromatic carbocycles. The second-order valence-electron chi connectivity index (χ2n) is 5.92. The molecular formula is C18H19N5O. The van der Waals surface area contributed by atoms with E-state index in [2.05, 4.69) is 21.4 Å². The Morgan fingerprint density at radius 1 is 1.21 bits per heavy atom. The van der Waals surface area contributed by atoms with Crippen molar-refractivity contribution in [1.29, 1.82) is 5.26 Å². The van der Waals surface area contributed by atoms with Crippen molar-refractivity contribution >= 4 is 17.5 Å². The predicted octanol–water partition coefficient (Wildman–Crippen LogP) is 2.82. The first-order valence-corrected chi connectivity index (χ1v) is 8.00. The molecule has 1 fully saturated rings. The zero-order valence-corrected chi connectivity index (χ0v) is 13.6. The molecule has 24 heavy (non-hydrogen) atoms. The molecule has 1 saturated heterocycles. The van der Waals surface area contributed by atoms with Gasteiger partial charge in [-0.3, -0.25) is 4.79 Å². The number of carbonyl (C=O) groups excluding carboxylic acids is 1. The maximum Gasteiger partial charge on any atom is 0.219 e. The number of nitrogens with one attached hydrogen (secondary N) is 1. The number of rotatable bonds is 3. The molecule has 3 heterocycles. The fraction of sp³-hybridized carbons (Fsp3) is 0.333. The Morgan fingerprint density at radius 2 is 1.88 bits per heavy atom. The molecule has 1 N–H and O–H groups in total. The van der Waals surface area contributed by atoms with Crippen LogP contribution in [0.5, 0.6) is 0 Å². The van der Waals surface area contributed by atoms with E-state index in [0.717, 1.165) is 25.9 Å². The molecule has 1 amide bonds. The van der Waals surface area contributed by atoms with Crippen molar-refractivity contribution in [3.05, 3.63) is 47.8 Å². The number of carbonyl (C=O) groups is 1. The van der Waals surface area contributed by atoms with Crippen LogP contribution in [-0.4, -0.2) is 33.9 Å². The first-order valence-electron chi connectivity index (χ1n) is 8.00. The molecule has 0 atom stereocenters. The molecule has 0 aliphatic carbocycles. The van der Waals surface area contributed by atoms with Crippen LogP contribution < -0.4 is 5.32 Å². The Morgan fingerprint density at radius 3 is 2.54 bits per heavy atom. The lowest BCUT2D eigenvalue weighted by Gasteiger charge is -2.31. The Labute approximate surface area is 141 Å². The van der Waals surface area contributed by atoms with Crippen LogP contribution in [0.4, 0.5) is 11.6 Å². The van der Waals surface area contributed by atoms with E-state index in [-0.39, 0.29) is 5.91 Å². The third-order valence-corrected chi connectivity index (χ3v) is 4.34. The second-order valence-corrected chi connectivity index (χ2v) is 5.92. The summed E-state index contributed by atoms with van der Waals surface area (Å²) in [5.41, 5.74) is 1.77. The molecule has 2 aromatic heterocycles. The molecule has 1 aliphatic rings. The highest BCUT2D eigenvalue weighted by Crippen LogP contribution is 2.29. The third-order valence-electron chi connectivity index (χ3n) is 4.34. The third kappa shape index (κ3) is 3.69. The average molecular weight is 321 g/mol. The van der Waals surface area contributed by atoms with Gasteiger partial charge >= 0.3 is 0 Å². The van der Waals surface area contributed by atoms with Crippen molar-refractivity contribution in [2.45, 2.75) is 25.7 Å². The van der Waals surface area contributed by atoms with E-state index in [9.17, 15) is 4.79 Å². The van der Waals surface area contributed by atoms with Gasteiger partial charge in [0.1, 0.15) is 11.6 Å². The van der Waals surface area contributed by atoms with Gasteiger partial charge in [-0.15, -0.1) is 0 Å². The Balaban J connectivity index is 1.70. The summed E-state index contributed by atoms with van der Waals surface area (Å²) >= 11 is 0. The van der Waals surface area contributed by atoms with E-state index in [1.807, 2.05) is 17.0 Å². The molecule has 2 aromatic rings. The first-order chi connectivity index (χ1) is 11.7. The number of amides is 1. The summed E-state index contributed by atoms with van der Waals surface area (Å²) in [7, 11) is 0. The molecule has 6 heteroatoms. The number of nitrogens with zero attached hydrogens (tertiary/aromatic N) is 4. The fourth-order valence-electron chi connectivity index (χ4n) is 3.00. The highest BCUT2D eigenvalue weighted by atomic mass is 16.2. The van der Waals surface area contributed by atoms with Gasteiger partial charge in [-0.05, 0) is 48.6 Å². The minimum atomic E-state index is 0.147. The van der Waals surface area contributed by atoms with Crippen LogP contribution in [0.2, 0.25) is 0 Å². The van der Waals surface area contributed by atoms with Gasteiger partial charge in [0.25, 0.3) is 0 Å². The summed E-state index contributed by atoms with van der Waals surface area (Å²) in [5, 5.41) is 12.1. The van der Waals surface area contributed by atoms with Crippen molar-refractivity contribution in [2.75, 3.05) is 18.4 Å². The van der Waals surface area contributed by atoms with E-state index in [0.29, 0.717) is 23.1 Å². The van der Waals surface area contributed by atoms with Gasteiger partial charge in [0.05, 0.1) is 11.6 Å². The molecule has 0 spiro atoms. The van der Waals surface area contributed by atoms with Crippen molar-refractivity contribution < 1.29 is 4.79 Å². The number of nitriles is 1. The average Bonchev–Trinajstić information content (AvgIpc) is 2.62. The zero-order valence-electron chi connectivity index (χ0n) is 13.6. The first kappa shape index (κ1) is 15.9. The summed E-state index contributed by atoms with van der Waals surface area (Å²) in [4.78, 5) is 21.9. The number of pyridine rings is 2. The largest absolute Gasteiger partial charge is 0.343 e. The predicted molar refractivity (Wildman–Crippen MR) is 90.7 cm³/mol. The van der Waals surface area contributed by atoms with Crippen LogP contribution >= 0.6 is 0 Å². The standard InChI is InChI=1S/C18H19N5O/c1-13(24)23-8-4-15(5-9-23)16-3-7-21-18(11-16)22-17-10-14(12-19)2-6-20-17/h2-3,6-7,10-11,15H,4-5,8-9H2,1H3,(H,20,21,22). The SMILES string of the molecule is CC(=O)N1CCC(c2ccnc(Nc3cc(C#N)ccn3)c2)CC1. The lowest BCUT2D eigenvalue weighted by Crippen LogP contribution is -2.36. The zero-order chi connectivity index (χ0) is 16.9. The number of likely N-dealkylation sites (tertiary alicyclic amines) is 1. The second kappa shape index (κ2) is 7.09. The number of piperidine rings is 1. The molecule has 0 radical (unpaired) electrons. The normalized spacial score (nSPS) is 14.9. The van der Waals surface area contributed by atoms with Crippen molar-refractivity contribution in [3.63, 3.8) is 0 Å². The van der Waals surface area contributed by atoms with E-state index in [4.69, 9.17) is 5.26 Å². The van der Waals surface area contributed by atoms with Crippen LogP contribution in [0.3, 0.4) is 0 Å². The van der Waals surface area contributed by atoms with Gasteiger partial charge < -0.3 is 10.2 Å². The smallest absolute Gasteiger partial charge is 0.219 e. The van der Waals surface area contributed by atoms with Crippen LogP contribution in [0, 0.1) is 11.3 Å². The van der Waals surface area contributed by atoms with Crippen molar-refractivity contribution in [2.24, 2.45) is 0 Å². The van der Waals surface area contributed by atoms with E-state index < -0.39 is 0 Å². The number of aromatic nitrogens is 2. The number of anilines is 2. The molecule has 6 nitrogen and oxygen atoms in total. The topological polar surface area (TPSA) is 81.9 Å². The van der Waals surface area contributed by atoms with Crippen LogP contribution in [0.15, 0.2) is 36.7 Å². The van der Waals surface area contributed by atoms with E-state index >= 15 is 0 Å². The molecule has 0 saturated carbocycles. The Bertz CT molecular complexity index is 775. The van der Waals surface area contributed by atoms with Gasteiger partial charge in [-0.2, -0.15) is 5.26 Å². The van der Waals surface area contributed by atoms with E-state index in [1.165, 1.54) is 5.56 Å². The number of hydrogen-bond donors (Lipinski definition) is 1. The lowest BCUT2D eigenvalue weighted by molar-refractivity contribution is -0.129. The minimum absolute atomic E-state index is 0.147. The number of hydrogen-bond acceptors (Lipinski definition) is 5. The lowest BCUT2D eigenvalue weighted by atomic mass is 9.90. The van der Waals surface area contributed by atoms with Gasteiger partial charge in [0, 0.05) is 32.4 Å². The van der Waals surface area contributed by atoms with Crippen LogP contribution in [0.25, 0.3) is 0 Å². The van der Waals surface area contributed by atoms with Crippen molar-refractivity contribution in [3.8, 4) is 6.07 Å². The van der Waals surface area contributed by atoms with Gasteiger partial charge in [-0.1, -0.05) is 0 Å². The quantitative estimate of drug-likeness (QED) is 0.940. The summed E-state index contributed by atoms with van der Waals surface area (Å²) in [6.45, 7) is 3.23. The Kier molecular flexibility index (Phi) is 4.71. The fourth-order valence-corrected chi connectivity index (χ4v) is 3.00. The monoisotopic (exact) mass is 321 g/mol. The molecule has 0 unspecified atom stereocenters. The Hall–Kier alpha value is -2.94. The highest BCUT2D eigenvalue weighted by Gasteiger charge is 2.22. The van der Waals surface area contributed by atoms with Crippen molar-refractivity contribution in [1.82, 2.24) is 14.9 Å². The maximum atomic E-state index is 11.4. The molecule has 0 bridgehead atoms. The maximum absolute atomic E-state index is 11.4. The minimum Gasteiger partial charge on any atom is -0.343 e. The van der Waals surface area contributed by atoms with Crippen LogP contribution in [0.1, 0.15) is 36.8 Å². The highest BCUT2D eigenvalue weighted by molar-refractivity contribution is 5.73. The van der Waals surface area contributed by atoms with Gasteiger partial charge in [0.2, 0.25) is 5.91 Å². The van der Waals surface area contributed by atoms with Gasteiger partial charge in [-0.25, -0.2) is 9.97 Å². The summed E-state index contributed by atoms with van der Waals surface area (Å²) < 4.78 is 0.